The third kappa shape index (κ3) is 4.06. The van der Waals surface area contributed by atoms with Crippen LogP contribution in [-0.4, -0.2) is 40.2 Å². The van der Waals surface area contributed by atoms with Crippen molar-refractivity contribution in [3.8, 4) is 5.75 Å². The number of aliphatic hydroxyl groups is 1. The van der Waals surface area contributed by atoms with Crippen molar-refractivity contribution in [3.05, 3.63) is 59.7 Å². The third-order valence-corrected chi connectivity index (χ3v) is 4.20. The molecule has 5 heteroatoms. The summed E-state index contributed by atoms with van der Waals surface area (Å²) >= 11 is 0. The molecule has 3 rings (SSSR count). The molecule has 0 aromatic heterocycles. The highest BCUT2D eigenvalue weighted by atomic mass is 16.3. The van der Waals surface area contributed by atoms with E-state index in [1.807, 2.05) is 24.3 Å². The van der Waals surface area contributed by atoms with Gasteiger partial charge in [0.2, 0.25) is 0 Å². The largest absolute Gasteiger partial charge is 0.508 e. The zero-order chi connectivity index (χ0) is 16.9. The smallest absolute Gasteiger partial charge is 0.254 e. The quantitative estimate of drug-likeness (QED) is 0.807. The molecule has 1 atom stereocenters. The van der Waals surface area contributed by atoms with Crippen LogP contribution in [0, 0.1) is 0 Å². The Balaban J connectivity index is 1.66. The topological polar surface area (TPSA) is 72.8 Å². The van der Waals surface area contributed by atoms with E-state index in [0.29, 0.717) is 25.2 Å². The third-order valence-electron chi connectivity index (χ3n) is 4.20. The van der Waals surface area contributed by atoms with Crippen molar-refractivity contribution in [2.45, 2.75) is 25.5 Å². The molecular formula is C19H22N2O3. The summed E-state index contributed by atoms with van der Waals surface area (Å²) in [6.07, 6.45) is 1.17. The standard InChI is InChI=1S/C19H22N2O3/c22-17-7-1-4-14(10-17)12-20-16-6-2-5-15(11-16)19(24)21-9-3-8-18(23)13-21/h1-2,4-7,10-11,18,20,22-23H,3,8-9,12-13H2. The number of benzene rings is 2. The Morgan fingerprint density at radius 2 is 2.04 bits per heavy atom. The van der Waals surface area contributed by atoms with Crippen LogP contribution in [0.25, 0.3) is 0 Å². The van der Waals surface area contributed by atoms with Gasteiger partial charge in [-0.15, -0.1) is 0 Å². The molecule has 2 aromatic carbocycles. The SMILES string of the molecule is O=C(c1cccc(NCc2cccc(O)c2)c1)N1CCCC(O)C1. The maximum Gasteiger partial charge on any atom is 0.254 e. The summed E-state index contributed by atoms with van der Waals surface area (Å²) in [5.74, 6) is 0.191. The highest BCUT2D eigenvalue weighted by Crippen LogP contribution is 2.18. The average Bonchev–Trinajstić information content (AvgIpc) is 2.60. The molecule has 0 aliphatic carbocycles. The molecule has 1 amide bonds. The van der Waals surface area contributed by atoms with E-state index in [-0.39, 0.29) is 11.7 Å². The number of carbonyl (C=O) groups is 1. The van der Waals surface area contributed by atoms with Gasteiger partial charge < -0.3 is 20.4 Å². The van der Waals surface area contributed by atoms with Gasteiger partial charge in [-0.25, -0.2) is 0 Å². The van der Waals surface area contributed by atoms with Gasteiger partial charge in [-0.3, -0.25) is 4.79 Å². The molecule has 2 aromatic rings. The van der Waals surface area contributed by atoms with Crippen molar-refractivity contribution in [3.63, 3.8) is 0 Å². The lowest BCUT2D eigenvalue weighted by Crippen LogP contribution is -2.42. The number of β-amino-alcohol motifs (C(OH)–C–C–N with tert-alkyl or cyclic N) is 1. The van der Waals surface area contributed by atoms with Crippen molar-refractivity contribution in [2.24, 2.45) is 0 Å². The van der Waals surface area contributed by atoms with E-state index in [0.717, 1.165) is 24.1 Å². The average molecular weight is 326 g/mol. The number of phenols is 1. The fourth-order valence-electron chi connectivity index (χ4n) is 2.95. The summed E-state index contributed by atoms with van der Waals surface area (Å²) in [7, 11) is 0. The number of carbonyl (C=O) groups excluding carboxylic acids is 1. The van der Waals surface area contributed by atoms with Crippen LogP contribution >= 0.6 is 0 Å². The zero-order valence-electron chi connectivity index (χ0n) is 13.5. The van der Waals surface area contributed by atoms with E-state index >= 15 is 0 Å². The molecule has 1 heterocycles. The van der Waals surface area contributed by atoms with Crippen molar-refractivity contribution in [1.82, 2.24) is 4.90 Å². The normalized spacial score (nSPS) is 17.5. The second-order valence-corrected chi connectivity index (χ2v) is 6.15. The van der Waals surface area contributed by atoms with Crippen molar-refractivity contribution in [2.75, 3.05) is 18.4 Å². The van der Waals surface area contributed by atoms with E-state index in [2.05, 4.69) is 5.32 Å². The summed E-state index contributed by atoms with van der Waals surface area (Å²) in [6.45, 7) is 1.66. The Hall–Kier alpha value is -2.53. The first-order valence-electron chi connectivity index (χ1n) is 8.21. The number of likely N-dealkylation sites (tertiary alicyclic amines) is 1. The summed E-state index contributed by atoms with van der Waals surface area (Å²) in [6, 6.07) is 14.4. The lowest BCUT2D eigenvalue weighted by atomic mass is 10.1. The number of nitrogens with zero attached hydrogens (tertiary/aromatic N) is 1. The van der Waals surface area contributed by atoms with Crippen LogP contribution in [0.2, 0.25) is 0 Å². The van der Waals surface area contributed by atoms with Gasteiger partial charge in [0.25, 0.3) is 5.91 Å². The van der Waals surface area contributed by atoms with E-state index in [1.165, 1.54) is 0 Å². The van der Waals surface area contributed by atoms with Crippen molar-refractivity contribution >= 4 is 11.6 Å². The van der Waals surface area contributed by atoms with Crippen molar-refractivity contribution < 1.29 is 15.0 Å². The van der Waals surface area contributed by atoms with Gasteiger partial charge in [0, 0.05) is 30.9 Å². The number of anilines is 1. The lowest BCUT2D eigenvalue weighted by molar-refractivity contribution is 0.0474. The van der Waals surface area contributed by atoms with Crippen LogP contribution in [0.15, 0.2) is 48.5 Å². The second-order valence-electron chi connectivity index (χ2n) is 6.15. The number of nitrogens with one attached hydrogen (secondary N) is 1. The first kappa shape index (κ1) is 16.3. The molecule has 0 bridgehead atoms. The molecule has 1 unspecified atom stereocenters. The van der Waals surface area contributed by atoms with Gasteiger partial charge in [0.15, 0.2) is 0 Å². The molecule has 24 heavy (non-hydrogen) atoms. The Morgan fingerprint density at radius 1 is 1.21 bits per heavy atom. The molecule has 0 radical (unpaired) electrons. The van der Waals surface area contributed by atoms with E-state index in [4.69, 9.17) is 0 Å². The Kier molecular flexibility index (Phi) is 5.01. The number of hydrogen-bond donors (Lipinski definition) is 3. The molecule has 1 aliphatic heterocycles. The Morgan fingerprint density at radius 3 is 2.83 bits per heavy atom. The number of aromatic hydroxyl groups is 1. The summed E-state index contributed by atoms with van der Waals surface area (Å²) in [4.78, 5) is 14.3. The summed E-state index contributed by atoms with van der Waals surface area (Å²) in [5.41, 5.74) is 2.43. The van der Waals surface area contributed by atoms with Gasteiger partial charge in [-0.2, -0.15) is 0 Å². The van der Waals surface area contributed by atoms with Gasteiger partial charge in [-0.1, -0.05) is 18.2 Å². The van der Waals surface area contributed by atoms with Crippen molar-refractivity contribution in [1.29, 1.82) is 0 Å². The second kappa shape index (κ2) is 7.36. The van der Waals surface area contributed by atoms with Crippen LogP contribution < -0.4 is 5.32 Å². The molecule has 1 saturated heterocycles. The predicted molar refractivity (Wildman–Crippen MR) is 93.0 cm³/mol. The molecule has 126 valence electrons. The zero-order valence-corrected chi connectivity index (χ0v) is 13.5. The molecular weight excluding hydrogens is 304 g/mol. The fraction of sp³-hybridized carbons (Fsp3) is 0.316. The Bertz CT molecular complexity index is 717. The lowest BCUT2D eigenvalue weighted by Gasteiger charge is -2.30. The first-order valence-corrected chi connectivity index (χ1v) is 8.21. The number of aliphatic hydroxyl groups excluding tert-OH is 1. The fourth-order valence-corrected chi connectivity index (χ4v) is 2.95. The number of piperidine rings is 1. The number of hydrogen-bond acceptors (Lipinski definition) is 4. The Labute approximate surface area is 141 Å². The minimum atomic E-state index is -0.422. The first-order chi connectivity index (χ1) is 11.6. The van der Waals surface area contributed by atoms with Gasteiger partial charge in [0.05, 0.1) is 6.10 Å². The van der Waals surface area contributed by atoms with Crippen LogP contribution in [0.1, 0.15) is 28.8 Å². The van der Waals surface area contributed by atoms with Crippen LogP contribution in [0.5, 0.6) is 5.75 Å². The number of rotatable bonds is 4. The highest BCUT2D eigenvalue weighted by molar-refractivity contribution is 5.95. The van der Waals surface area contributed by atoms with E-state index in [1.54, 1.807) is 29.2 Å². The minimum Gasteiger partial charge on any atom is -0.508 e. The highest BCUT2D eigenvalue weighted by Gasteiger charge is 2.23. The van der Waals surface area contributed by atoms with E-state index < -0.39 is 6.10 Å². The molecule has 0 saturated carbocycles. The maximum absolute atomic E-state index is 12.6. The number of phenolic OH excluding ortho intramolecular Hbond substituents is 1. The van der Waals surface area contributed by atoms with E-state index in [9.17, 15) is 15.0 Å². The van der Waals surface area contributed by atoms with Crippen LogP contribution in [0.4, 0.5) is 5.69 Å². The van der Waals surface area contributed by atoms with Crippen LogP contribution in [-0.2, 0) is 6.54 Å². The van der Waals surface area contributed by atoms with Gasteiger partial charge in [0.1, 0.15) is 5.75 Å². The van der Waals surface area contributed by atoms with Gasteiger partial charge in [-0.05, 0) is 48.7 Å². The molecule has 0 spiro atoms. The summed E-state index contributed by atoms with van der Waals surface area (Å²) < 4.78 is 0. The molecule has 1 fully saturated rings. The monoisotopic (exact) mass is 326 g/mol. The molecule has 3 N–H and O–H groups in total. The minimum absolute atomic E-state index is 0.0465. The number of amides is 1. The molecule has 5 nitrogen and oxygen atoms in total. The predicted octanol–water partition coefficient (Wildman–Crippen LogP) is 2.60. The van der Waals surface area contributed by atoms with Gasteiger partial charge >= 0.3 is 0 Å². The summed E-state index contributed by atoms with van der Waals surface area (Å²) in [5, 5.41) is 22.5. The molecule has 1 aliphatic rings. The maximum atomic E-state index is 12.6. The van der Waals surface area contributed by atoms with Crippen LogP contribution in [0.3, 0.4) is 0 Å².